The van der Waals surface area contributed by atoms with Gasteiger partial charge in [-0.2, -0.15) is 0 Å². The molecule has 0 fully saturated rings. The summed E-state index contributed by atoms with van der Waals surface area (Å²) in [6.45, 7) is 3.92. The Balaban J connectivity index is 2.20. The second-order valence-corrected chi connectivity index (χ2v) is 5.76. The van der Waals surface area contributed by atoms with Crippen LogP contribution in [0.4, 0.5) is 0 Å². The first-order chi connectivity index (χ1) is 12.0. The van der Waals surface area contributed by atoms with Crippen LogP contribution in [0.25, 0.3) is 18.3 Å². The third kappa shape index (κ3) is 3.19. The second kappa shape index (κ2) is 6.91. The summed E-state index contributed by atoms with van der Waals surface area (Å²) in [5.41, 5.74) is 1.16. The lowest BCUT2D eigenvalue weighted by molar-refractivity contribution is 0.355. The number of halogens is 1. The number of hydrogen-bond donors (Lipinski definition) is 1. The Bertz CT molecular complexity index is 1070. The third-order valence-corrected chi connectivity index (χ3v) is 4.15. The molecular weight excluding hydrogens is 340 g/mol. The predicted molar refractivity (Wildman–Crippen MR) is 99.3 cm³/mol. The van der Waals surface area contributed by atoms with Crippen LogP contribution in [0, 0.1) is 0 Å². The van der Waals surface area contributed by atoms with Gasteiger partial charge in [-0.25, -0.2) is 4.68 Å². The summed E-state index contributed by atoms with van der Waals surface area (Å²) < 4.78 is 12.0. The first-order valence-electron chi connectivity index (χ1n) is 7.53. The van der Waals surface area contributed by atoms with Gasteiger partial charge in [-0.3, -0.25) is 9.89 Å². The van der Waals surface area contributed by atoms with Crippen molar-refractivity contribution in [3.05, 3.63) is 74.0 Å². The Hall–Kier alpha value is -2.92. The van der Waals surface area contributed by atoms with Crippen LogP contribution in [-0.2, 0) is 0 Å². The number of benzene rings is 2. The summed E-state index contributed by atoms with van der Waals surface area (Å²) in [5, 5.41) is 4.36. The Morgan fingerprint density at radius 2 is 1.76 bits per heavy atom. The van der Waals surface area contributed by atoms with Crippen molar-refractivity contribution >= 4 is 24.3 Å². The molecule has 5 nitrogen and oxygen atoms in total. The number of aromatic nitrogens is 2. The third-order valence-electron chi connectivity index (χ3n) is 3.82. The number of nitrogens with zero attached hydrogens (tertiary/aromatic N) is 1. The fourth-order valence-corrected chi connectivity index (χ4v) is 2.75. The van der Waals surface area contributed by atoms with Crippen molar-refractivity contribution in [2.24, 2.45) is 0 Å². The maximum Gasteiger partial charge on any atom is 0.279 e. The van der Waals surface area contributed by atoms with Crippen LogP contribution in [0.15, 0.2) is 47.3 Å². The Morgan fingerprint density at radius 1 is 1.12 bits per heavy atom. The van der Waals surface area contributed by atoms with E-state index in [1.807, 2.05) is 30.3 Å². The Morgan fingerprint density at radius 3 is 2.40 bits per heavy atom. The first-order valence-corrected chi connectivity index (χ1v) is 7.91. The van der Waals surface area contributed by atoms with Crippen LogP contribution in [0.1, 0.15) is 5.56 Å². The van der Waals surface area contributed by atoms with Crippen LogP contribution in [0.2, 0.25) is 5.02 Å². The number of hydrogen-bond acceptors (Lipinski definition) is 3. The van der Waals surface area contributed by atoms with E-state index in [0.29, 0.717) is 32.7 Å². The fraction of sp³-hybridized carbons (Fsp3) is 0.105. The summed E-state index contributed by atoms with van der Waals surface area (Å²) in [5.74, 6) is 1.05. The molecule has 25 heavy (non-hydrogen) atoms. The molecule has 128 valence electrons. The van der Waals surface area contributed by atoms with Crippen molar-refractivity contribution < 1.29 is 9.47 Å². The predicted octanol–water partition coefficient (Wildman–Crippen LogP) is 2.08. The van der Waals surface area contributed by atoms with E-state index < -0.39 is 0 Å². The summed E-state index contributed by atoms with van der Waals surface area (Å²) in [6.07, 6.45) is 1.69. The van der Waals surface area contributed by atoms with Gasteiger partial charge in [-0.15, -0.1) is 0 Å². The Kier molecular flexibility index (Phi) is 4.67. The smallest absolute Gasteiger partial charge is 0.279 e. The summed E-state index contributed by atoms with van der Waals surface area (Å²) in [4.78, 5) is 12.7. The molecule has 0 radical (unpaired) electrons. The molecule has 0 aliphatic rings. The van der Waals surface area contributed by atoms with Crippen molar-refractivity contribution in [1.82, 2.24) is 9.78 Å². The molecule has 0 saturated heterocycles. The molecule has 6 heteroatoms. The topological polar surface area (TPSA) is 56.2 Å². The monoisotopic (exact) mass is 356 g/mol. The fourth-order valence-electron chi connectivity index (χ4n) is 2.54. The standard InChI is InChI=1S/C19H17ClN2O3/c1-12-15(19(23)22(21-12)14-7-5-4-6-8-14)9-13-10-17(24-2)18(25-3)11-16(13)20/h4-11,21H,1H2,2-3H3/b15-9-. The van der Waals surface area contributed by atoms with Crippen molar-refractivity contribution in [1.29, 1.82) is 0 Å². The maximum absolute atomic E-state index is 12.7. The van der Waals surface area contributed by atoms with Gasteiger partial charge in [0.15, 0.2) is 11.5 Å². The van der Waals surface area contributed by atoms with Gasteiger partial charge in [0.05, 0.1) is 35.5 Å². The van der Waals surface area contributed by atoms with Gasteiger partial charge < -0.3 is 9.47 Å². The highest BCUT2D eigenvalue weighted by molar-refractivity contribution is 6.32. The lowest BCUT2D eigenvalue weighted by atomic mass is 10.1. The summed E-state index contributed by atoms with van der Waals surface area (Å²) in [7, 11) is 3.08. The molecule has 3 rings (SSSR count). The highest BCUT2D eigenvalue weighted by Crippen LogP contribution is 2.33. The molecule has 3 aromatic rings. The maximum atomic E-state index is 12.7. The minimum absolute atomic E-state index is 0.206. The molecule has 0 amide bonds. The quantitative estimate of drug-likeness (QED) is 0.778. The van der Waals surface area contributed by atoms with Crippen molar-refractivity contribution in [3.63, 3.8) is 0 Å². The lowest BCUT2D eigenvalue weighted by Gasteiger charge is -2.09. The molecule has 0 unspecified atom stereocenters. The summed E-state index contributed by atoms with van der Waals surface area (Å²) >= 11 is 6.31. The highest BCUT2D eigenvalue weighted by Gasteiger charge is 2.10. The van der Waals surface area contributed by atoms with Crippen LogP contribution in [0.5, 0.6) is 11.5 Å². The number of ether oxygens (including phenoxy) is 2. The molecule has 0 atom stereocenters. The lowest BCUT2D eigenvalue weighted by Crippen LogP contribution is -2.34. The van der Waals surface area contributed by atoms with Gasteiger partial charge in [0.1, 0.15) is 0 Å². The molecular formula is C19H17ClN2O3. The first kappa shape index (κ1) is 16.9. The zero-order valence-corrected chi connectivity index (χ0v) is 14.6. The zero-order chi connectivity index (χ0) is 18.0. The molecule has 0 aliphatic carbocycles. The zero-order valence-electron chi connectivity index (χ0n) is 13.9. The number of H-pyrrole nitrogens is 1. The minimum Gasteiger partial charge on any atom is -0.493 e. The van der Waals surface area contributed by atoms with E-state index in [2.05, 4.69) is 11.7 Å². The average molecular weight is 357 g/mol. The van der Waals surface area contributed by atoms with Crippen molar-refractivity contribution in [3.8, 4) is 17.2 Å². The second-order valence-electron chi connectivity index (χ2n) is 5.35. The normalized spacial score (nSPS) is 11.6. The Labute approximate surface area is 149 Å². The molecule has 0 aliphatic heterocycles. The number of methoxy groups -OCH3 is 2. The number of nitrogens with one attached hydrogen (secondary N) is 1. The van der Waals surface area contributed by atoms with Crippen LogP contribution < -0.4 is 25.6 Å². The highest BCUT2D eigenvalue weighted by atomic mass is 35.5. The minimum atomic E-state index is -0.206. The average Bonchev–Trinajstić information content (AvgIpc) is 2.91. The van der Waals surface area contributed by atoms with Crippen molar-refractivity contribution in [2.45, 2.75) is 0 Å². The molecule has 2 aromatic carbocycles. The number of rotatable bonds is 4. The number of para-hydroxylation sites is 1. The van der Waals surface area contributed by atoms with Gasteiger partial charge >= 0.3 is 0 Å². The molecule has 1 heterocycles. The SMILES string of the molecule is C=c1[nH]n(-c2ccccc2)c(=O)/c1=C\c1cc(OC)c(OC)cc1Cl. The van der Waals surface area contributed by atoms with Gasteiger partial charge in [-0.1, -0.05) is 36.4 Å². The largest absolute Gasteiger partial charge is 0.493 e. The van der Waals surface area contributed by atoms with E-state index in [1.54, 1.807) is 25.3 Å². The van der Waals surface area contributed by atoms with Gasteiger partial charge in [0.25, 0.3) is 5.56 Å². The van der Waals surface area contributed by atoms with Crippen molar-refractivity contribution in [2.75, 3.05) is 14.2 Å². The van der Waals surface area contributed by atoms with E-state index in [1.165, 1.54) is 11.8 Å². The molecule has 0 bridgehead atoms. The molecule has 1 aromatic heterocycles. The van der Waals surface area contributed by atoms with E-state index in [4.69, 9.17) is 21.1 Å². The summed E-state index contributed by atoms with van der Waals surface area (Å²) in [6, 6.07) is 12.7. The van der Waals surface area contributed by atoms with E-state index >= 15 is 0 Å². The number of aromatic amines is 1. The van der Waals surface area contributed by atoms with Gasteiger partial charge in [-0.05, 0) is 29.8 Å². The molecule has 1 N–H and O–H groups in total. The van der Waals surface area contributed by atoms with Crippen LogP contribution in [0.3, 0.4) is 0 Å². The molecule has 0 saturated carbocycles. The van der Waals surface area contributed by atoms with Gasteiger partial charge in [0.2, 0.25) is 0 Å². The van der Waals surface area contributed by atoms with Crippen LogP contribution >= 0.6 is 11.6 Å². The van der Waals surface area contributed by atoms with E-state index in [-0.39, 0.29) is 5.56 Å². The van der Waals surface area contributed by atoms with Gasteiger partial charge in [0, 0.05) is 6.07 Å². The van der Waals surface area contributed by atoms with E-state index in [9.17, 15) is 4.79 Å². The van der Waals surface area contributed by atoms with Crippen LogP contribution in [-0.4, -0.2) is 24.0 Å². The molecule has 0 spiro atoms. The van der Waals surface area contributed by atoms with E-state index in [0.717, 1.165) is 5.69 Å².